The van der Waals surface area contributed by atoms with Crippen LogP contribution < -0.4 is 11.1 Å². The van der Waals surface area contributed by atoms with Crippen LogP contribution in [0, 0.1) is 11.8 Å². The average molecular weight is 317 g/mol. The molecule has 2 unspecified atom stereocenters. The summed E-state index contributed by atoms with van der Waals surface area (Å²) < 4.78 is 27.3. The van der Waals surface area contributed by atoms with Gasteiger partial charge in [-0.3, -0.25) is 0 Å². The largest absolute Gasteiger partial charge is 0.382 e. The van der Waals surface area contributed by atoms with Gasteiger partial charge in [-0.05, 0) is 36.2 Å². The van der Waals surface area contributed by atoms with Crippen molar-refractivity contribution in [2.45, 2.75) is 43.9 Å². The van der Waals surface area contributed by atoms with Crippen molar-refractivity contribution in [2.75, 3.05) is 23.9 Å². The zero-order valence-corrected chi connectivity index (χ0v) is 13.7. The molecule has 2 atom stereocenters. The third-order valence-electron chi connectivity index (χ3n) is 3.93. The van der Waals surface area contributed by atoms with Gasteiger partial charge < -0.3 is 11.1 Å². The molecule has 0 aliphatic heterocycles. The zero-order valence-electron chi connectivity index (χ0n) is 12.1. The predicted molar refractivity (Wildman–Crippen MR) is 83.9 cm³/mol. The molecule has 5 nitrogen and oxygen atoms in total. The van der Waals surface area contributed by atoms with Gasteiger partial charge in [0.2, 0.25) is 0 Å². The molecule has 3 N–H and O–H groups in total. The number of nitrogen functional groups attached to an aromatic ring is 1. The summed E-state index contributed by atoms with van der Waals surface area (Å²) in [5.74, 6) is 1.67. The maximum atomic E-state index is 11.7. The minimum Gasteiger partial charge on any atom is -0.382 e. The number of hydrogen-bond donors (Lipinski definition) is 2. The van der Waals surface area contributed by atoms with Crippen molar-refractivity contribution in [3.63, 3.8) is 0 Å². The Balaban J connectivity index is 1.92. The van der Waals surface area contributed by atoms with E-state index in [2.05, 4.69) is 16.6 Å². The number of sulfone groups is 1. The van der Waals surface area contributed by atoms with Crippen LogP contribution in [0.5, 0.6) is 0 Å². The lowest BCUT2D eigenvalue weighted by atomic mass is 9.81. The van der Waals surface area contributed by atoms with E-state index in [9.17, 15) is 8.42 Å². The summed E-state index contributed by atoms with van der Waals surface area (Å²) in [6.07, 6.45) is 7.47. The number of anilines is 2. The summed E-state index contributed by atoms with van der Waals surface area (Å²) in [7, 11) is -3.32. The van der Waals surface area contributed by atoms with E-state index in [4.69, 9.17) is 5.73 Å². The minimum absolute atomic E-state index is 0.103. The first-order chi connectivity index (χ1) is 9.38. The monoisotopic (exact) mass is 317 g/mol. The highest BCUT2D eigenvalue weighted by molar-refractivity contribution is 7.91. The molecule has 1 fully saturated rings. The quantitative estimate of drug-likeness (QED) is 0.872. The summed E-state index contributed by atoms with van der Waals surface area (Å²) in [6, 6.07) is 0. The van der Waals surface area contributed by atoms with Crippen molar-refractivity contribution in [2.24, 2.45) is 11.8 Å². The number of rotatable bonds is 5. The molecular formula is C13H23N3O2S2. The van der Waals surface area contributed by atoms with Crippen molar-refractivity contribution in [3.05, 3.63) is 0 Å². The lowest BCUT2D eigenvalue weighted by molar-refractivity contribution is 0.274. The maximum absolute atomic E-state index is 11.7. The second kappa shape index (κ2) is 6.30. The SMILES string of the molecule is CC1CCCC(CCNc2snc(N)c2S(C)(=O)=O)C1. The van der Waals surface area contributed by atoms with Crippen molar-refractivity contribution in [1.82, 2.24) is 4.37 Å². The molecule has 20 heavy (non-hydrogen) atoms. The first-order valence-corrected chi connectivity index (χ1v) is 9.73. The fourth-order valence-corrected chi connectivity index (χ4v) is 5.07. The van der Waals surface area contributed by atoms with Gasteiger partial charge in [-0.1, -0.05) is 26.2 Å². The third-order valence-corrected chi connectivity index (χ3v) is 6.03. The smallest absolute Gasteiger partial charge is 0.182 e. The molecule has 1 saturated carbocycles. The Hall–Kier alpha value is -0.820. The van der Waals surface area contributed by atoms with Crippen molar-refractivity contribution in [3.8, 4) is 0 Å². The highest BCUT2D eigenvalue weighted by Gasteiger charge is 2.22. The van der Waals surface area contributed by atoms with Crippen LogP contribution in [0.1, 0.15) is 39.0 Å². The topological polar surface area (TPSA) is 85.1 Å². The lowest BCUT2D eigenvalue weighted by Crippen LogP contribution is -2.17. The fourth-order valence-electron chi connectivity index (χ4n) is 2.98. The van der Waals surface area contributed by atoms with Gasteiger partial charge in [-0.15, -0.1) is 0 Å². The van der Waals surface area contributed by atoms with Crippen LogP contribution in [-0.4, -0.2) is 25.6 Å². The Morgan fingerprint density at radius 2 is 2.20 bits per heavy atom. The Labute approximate surface area is 125 Å². The van der Waals surface area contributed by atoms with Crippen LogP contribution in [0.25, 0.3) is 0 Å². The van der Waals surface area contributed by atoms with E-state index in [1.807, 2.05) is 0 Å². The predicted octanol–water partition coefficient (Wildman–Crippen LogP) is 2.76. The molecule has 0 bridgehead atoms. The van der Waals surface area contributed by atoms with Crippen molar-refractivity contribution in [1.29, 1.82) is 0 Å². The van der Waals surface area contributed by atoms with Gasteiger partial charge in [0.05, 0.1) is 0 Å². The number of hydrogen-bond acceptors (Lipinski definition) is 6. The average Bonchev–Trinajstić information content (AvgIpc) is 2.70. The van der Waals surface area contributed by atoms with E-state index >= 15 is 0 Å². The standard InChI is InChI=1S/C13H23N3O2S2/c1-9-4-3-5-10(8-9)6-7-15-13-11(20(2,17)18)12(14)16-19-13/h9-10,15H,3-8H2,1-2H3,(H2,14,16). The Kier molecular flexibility index (Phi) is 4.90. The van der Waals surface area contributed by atoms with E-state index in [-0.39, 0.29) is 10.7 Å². The number of aromatic nitrogens is 1. The third kappa shape index (κ3) is 3.85. The van der Waals surface area contributed by atoms with Gasteiger partial charge in [-0.25, -0.2) is 8.42 Å². The van der Waals surface area contributed by atoms with Gasteiger partial charge in [0.25, 0.3) is 0 Å². The van der Waals surface area contributed by atoms with Crippen LogP contribution in [0.3, 0.4) is 0 Å². The van der Waals surface area contributed by atoms with E-state index in [0.29, 0.717) is 5.00 Å². The Morgan fingerprint density at radius 3 is 2.85 bits per heavy atom. The van der Waals surface area contributed by atoms with E-state index in [0.717, 1.165) is 36.3 Å². The Bertz CT molecular complexity index is 554. The van der Waals surface area contributed by atoms with Gasteiger partial charge in [0.1, 0.15) is 9.90 Å². The molecule has 1 aliphatic rings. The van der Waals surface area contributed by atoms with Gasteiger partial charge >= 0.3 is 0 Å². The Morgan fingerprint density at radius 1 is 1.45 bits per heavy atom. The molecule has 0 saturated heterocycles. The molecular weight excluding hydrogens is 294 g/mol. The molecule has 1 heterocycles. The van der Waals surface area contributed by atoms with Gasteiger partial charge in [0, 0.05) is 12.8 Å². The van der Waals surface area contributed by atoms with Crippen LogP contribution in [0.2, 0.25) is 0 Å². The van der Waals surface area contributed by atoms with Crippen LogP contribution in [-0.2, 0) is 9.84 Å². The molecule has 0 radical (unpaired) electrons. The minimum atomic E-state index is -3.32. The van der Waals surface area contributed by atoms with Crippen molar-refractivity contribution >= 4 is 32.2 Å². The van der Waals surface area contributed by atoms with E-state index in [1.54, 1.807) is 0 Å². The summed E-state index contributed by atoms with van der Waals surface area (Å²) in [6.45, 7) is 3.09. The van der Waals surface area contributed by atoms with Gasteiger partial charge in [0.15, 0.2) is 15.7 Å². The highest BCUT2D eigenvalue weighted by atomic mass is 32.2. The fraction of sp³-hybridized carbons (Fsp3) is 0.769. The zero-order chi connectivity index (χ0) is 14.8. The molecule has 1 aromatic rings. The van der Waals surface area contributed by atoms with Gasteiger partial charge in [-0.2, -0.15) is 4.37 Å². The molecule has 2 rings (SSSR count). The lowest BCUT2D eigenvalue weighted by Gasteiger charge is -2.26. The van der Waals surface area contributed by atoms with Crippen LogP contribution >= 0.6 is 11.5 Å². The summed E-state index contributed by atoms with van der Waals surface area (Å²) in [5.41, 5.74) is 5.64. The molecule has 1 aliphatic carbocycles. The molecule has 0 spiro atoms. The van der Waals surface area contributed by atoms with E-state index < -0.39 is 9.84 Å². The number of nitrogens with one attached hydrogen (secondary N) is 1. The van der Waals surface area contributed by atoms with Crippen LogP contribution in [0.15, 0.2) is 4.90 Å². The van der Waals surface area contributed by atoms with E-state index in [1.165, 1.54) is 31.9 Å². The maximum Gasteiger partial charge on any atom is 0.182 e. The first-order valence-electron chi connectivity index (χ1n) is 7.07. The summed E-state index contributed by atoms with van der Waals surface area (Å²) >= 11 is 1.12. The molecule has 1 aromatic heterocycles. The van der Waals surface area contributed by atoms with Crippen molar-refractivity contribution < 1.29 is 8.42 Å². The first kappa shape index (κ1) is 15.6. The molecule has 0 aromatic carbocycles. The summed E-state index contributed by atoms with van der Waals surface area (Å²) in [5, 5.41) is 3.78. The molecule has 0 amide bonds. The highest BCUT2D eigenvalue weighted by Crippen LogP contribution is 2.33. The number of nitrogens with zero attached hydrogens (tertiary/aromatic N) is 1. The normalized spacial score (nSPS) is 23.7. The second-order valence-electron chi connectivity index (χ2n) is 5.85. The van der Waals surface area contributed by atoms with Crippen LogP contribution in [0.4, 0.5) is 10.8 Å². The second-order valence-corrected chi connectivity index (χ2v) is 8.58. The number of nitrogens with two attached hydrogens (primary N) is 1. The summed E-state index contributed by atoms with van der Waals surface area (Å²) in [4.78, 5) is 0.152. The molecule has 7 heteroatoms. The molecule has 114 valence electrons.